The third-order valence-electron chi connectivity index (χ3n) is 5.74. The standard InChI is InChI=1S/C19H18N2O2/c1-9-13-5-4-12-6-16(22)14(7-20)10(2)17(12)18(13)11(3)19(23)15(9)8-21/h12-13,17H,4-6H2,1-3H3. The fraction of sp³-hybridized carbons (Fsp3) is 0.474. The highest BCUT2D eigenvalue weighted by atomic mass is 16.1. The Labute approximate surface area is 135 Å². The SMILES string of the molecule is CC1=C2C(CCC3CC(=O)C(C#N)=C(C)C23)C(C)=C(C#N)C1=O. The number of Topliss-reactive ketones (excluding diaryl/α,β-unsaturated/α-hetero) is 2. The van der Waals surface area contributed by atoms with Crippen LogP contribution in [0.3, 0.4) is 0 Å². The molecule has 0 aromatic heterocycles. The van der Waals surface area contributed by atoms with Gasteiger partial charge in [0.1, 0.15) is 12.1 Å². The molecule has 0 aliphatic heterocycles. The molecule has 0 aromatic rings. The quantitative estimate of drug-likeness (QED) is 0.688. The number of nitriles is 2. The van der Waals surface area contributed by atoms with Crippen LogP contribution in [0.1, 0.15) is 40.0 Å². The Balaban J connectivity index is 2.20. The zero-order valence-electron chi connectivity index (χ0n) is 13.6. The predicted octanol–water partition coefficient (Wildman–Crippen LogP) is 3.18. The Hall–Kier alpha value is -2.46. The van der Waals surface area contributed by atoms with Gasteiger partial charge in [-0.2, -0.15) is 10.5 Å². The van der Waals surface area contributed by atoms with E-state index in [9.17, 15) is 20.1 Å². The number of allylic oxidation sites excluding steroid dienone is 6. The summed E-state index contributed by atoms with van der Waals surface area (Å²) in [4.78, 5) is 24.7. The zero-order valence-corrected chi connectivity index (χ0v) is 13.6. The van der Waals surface area contributed by atoms with Gasteiger partial charge in [0.25, 0.3) is 0 Å². The van der Waals surface area contributed by atoms with E-state index in [4.69, 9.17) is 0 Å². The van der Waals surface area contributed by atoms with Crippen molar-refractivity contribution in [3.8, 4) is 12.1 Å². The van der Waals surface area contributed by atoms with E-state index >= 15 is 0 Å². The van der Waals surface area contributed by atoms with E-state index in [1.165, 1.54) is 0 Å². The fourth-order valence-electron chi connectivity index (χ4n) is 4.60. The van der Waals surface area contributed by atoms with Gasteiger partial charge in [0.15, 0.2) is 11.6 Å². The van der Waals surface area contributed by atoms with Crippen LogP contribution in [0, 0.1) is 40.4 Å². The molecule has 0 radical (unpaired) electrons. The second kappa shape index (κ2) is 5.32. The first-order chi connectivity index (χ1) is 10.9. The summed E-state index contributed by atoms with van der Waals surface area (Å²) in [6.07, 6.45) is 2.13. The number of hydrogen-bond acceptors (Lipinski definition) is 4. The summed E-state index contributed by atoms with van der Waals surface area (Å²) in [5.41, 5.74) is 3.85. The van der Waals surface area contributed by atoms with E-state index < -0.39 is 0 Å². The van der Waals surface area contributed by atoms with E-state index in [0.29, 0.717) is 12.0 Å². The second-order valence-electron chi connectivity index (χ2n) is 6.74. The van der Waals surface area contributed by atoms with Crippen LogP contribution in [0.5, 0.6) is 0 Å². The number of ketones is 2. The van der Waals surface area contributed by atoms with Gasteiger partial charge >= 0.3 is 0 Å². The zero-order chi connectivity index (χ0) is 16.9. The second-order valence-corrected chi connectivity index (χ2v) is 6.74. The van der Waals surface area contributed by atoms with E-state index in [1.807, 2.05) is 19.9 Å². The minimum Gasteiger partial charge on any atom is -0.293 e. The van der Waals surface area contributed by atoms with Crippen LogP contribution in [-0.4, -0.2) is 11.6 Å². The lowest BCUT2D eigenvalue weighted by atomic mass is 9.58. The molecular formula is C19H18N2O2. The molecule has 0 saturated heterocycles. The maximum atomic E-state index is 12.5. The van der Waals surface area contributed by atoms with Crippen molar-refractivity contribution < 1.29 is 9.59 Å². The van der Waals surface area contributed by atoms with Gasteiger partial charge in [-0.1, -0.05) is 0 Å². The molecule has 1 fully saturated rings. The Morgan fingerprint density at radius 2 is 1.61 bits per heavy atom. The van der Waals surface area contributed by atoms with Crippen molar-refractivity contribution in [2.45, 2.75) is 40.0 Å². The van der Waals surface area contributed by atoms with Gasteiger partial charge in [-0.15, -0.1) is 0 Å². The number of hydrogen-bond donors (Lipinski definition) is 0. The number of carbonyl (C=O) groups is 2. The Morgan fingerprint density at radius 1 is 0.957 bits per heavy atom. The first-order valence-electron chi connectivity index (χ1n) is 7.92. The average molecular weight is 306 g/mol. The molecular weight excluding hydrogens is 288 g/mol. The Kier molecular flexibility index (Phi) is 3.57. The number of carbonyl (C=O) groups excluding carboxylic acids is 2. The Morgan fingerprint density at radius 3 is 2.22 bits per heavy atom. The minimum absolute atomic E-state index is 0.0137. The van der Waals surface area contributed by atoms with E-state index in [2.05, 4.69) is 6.07 Å². The lowest BCUT2D eigenvalue weighted by Gasteiger charge is -2.44. The van der Waals surface area contributed by atoms with E-state index in [1.54, 1.807) is 6.92 Å². The van der Waals surface area contributed by atoms with Crippen LogP contribution in [0.4, 0.5) is 0 Å². The highest BCUT2D eigenvalue weighted by Crippen LogP contribution is 2.52. The molecule has 3 atom stereocenters. The summed E-state index contributed by atoms with van der Waals surface area (Å²) >= 11 is 0. The van der Waals surface area contributed by atoms with E-state index in [0.717, 1.165) is 29.6 Å². The number of fused-ring (bicyclic) bond motifs is 3. The molecule has 0 heterocycles. The summed E-state index contributed by atoms with van der Waals surface area (Å²) < 4.78 is 0. The molecule has 4 heteroatoms. The van der Waals surface area contributed by atoms with Crippen molar-refractivity contribution in [2.75, 3.05) is 0 Å². The fourth-order valence-corrected chi connectivity index (χ4v) is 4.60. The highest BCUT2D eigenvalue weighted by molar-refractivity contribution is 6.13. The molecule has 3 aliphatic carbocycles. The summed E-state index contributed by atoms with van der Waals surface area (Å²) in [6, 6.07) is 4.10. The smallest absolute Gasteiger partial charge is 0.199 e. The van der Waals surface area contributed by atoms with Crippen molar-refractivity contribution >= 4 is 11.6 Å². The third kappa shape index (κ3) is 2.02. The molecule has 116 valence electrons. The highest BCUT2D eigenvalue weighted by Gasteiger charge is 2.45. The summed E-state index contributed by atoms with van der Waals surface area (Å²) in [5, 5.41) is 18.6. The average Bonchev–Trinajstić information content (AvgIpc) is 2.52. The molecule has 0 N–H and O–H groups in total. The van der Waals surface area contributed by atoms with Crippen LogP contribution in [-0.2, 0) is 9.59 Å². The molecule has 23 heavy (non-hydrogen) atoms. The lowest BCUT2D eigenvalue weighted by molar-refractivity contribution is -0.117. The van der Waals surface area contributed by atoms with Gasteiger partial charge in [-0.25, -0.2) is 0 Å². The monoisotopic (exact) mass is 306 g/mol. The van der Waals surface area contributed by atoms with Crippen LogP contribution in [0.2, 0.25) is 0 Å². The number of rotatable bonds is 0. The van der Waals surface area contributed by atoms with E-state index in [-0.39, 0.29) is 40.5 Å². The van der Waals surface area contributed by atoms with Gasteiger partial charge in [0.2, 0.25) is 0 Å². The maximum absolute atomic E-state index is 12.5. The van der Waals surface area contributed by atoms with Gasteiger partial charge < -0.3 is 0 Å². The summed E-state index contributed by atoms with van der Waals surface area (Å²) in [5.74, 6) is -0.0212. The van der Waals surface area contributed by atoms with Crippen molar-refractivity contribution in [1.82, 2.24) is 0 Å². The Bertz CT molecular complexity index is 811. The molecule has 0 aromatic carbocycles. The van der Waals surface area contributed by atoms with Gasteiger partial charge in [-0.3, -0.25) is 9.59 Å². The van der Waals surface area contributed by atoms with Crippen LogP contribution < -0.4 is 0 Å². The predicted molar refractivity (Wildman–Crippen MR) is 83.7 cm³/mol. The molecule has 1 saturated carbocycles. The van der Waals surface area contributed by atoms with Crippen LogP contribution in [0.25, 0.3) is 0 Å². The molecule has 0 amide bonds. The first kappa shape index (κ1) is 15.4. The molecule has 0 bridgehead atoms. The van der Waals surface area contributed by atoms with Crippen LogP contribution in [0.15, 0.2) is 33.4 Å². The lowest BCUT2D eigenvalue weighted by Crippen LogP contribution is -2.38. The third-order valence-corrected chi connectivity index (χ3v) is 5.74. The summed E-state index contributed by atoms with van der Waals surface area (Å²) in [6.45, 7) is 5.50. The minimum atomic E-state index is -0.194. The molecule has 3 rings (SSSR count). The van der Waals surface area contributed by atoms with Crippen molar-refractivity contribution in [1.29, 1.82) is 10.5 Å². The first-order valence-corrected chi connectivity index (χ1v) is 7.92. The maximum Gasteiger partial charge on any atom is 0.199 e. The number of nitrogens with zero attached hydrogens (tertiary/aromatic N) is 2. The van der Waals surface area contributed by atoms with Gasteiger partial charge in [-0.05, 0) is 61.8 Å². The van der Waals surface area contributed by atoms with Crippen LogP contribution >= 0.6 is 0 Å². The molecule has 3 aliphatic rings. The van der Waals surface area contributed by atoms with Gasteiger partial charge in [0, 0.05) is 18.3 Å². The molecule has 3 unspecified atom stereocenters. The van der Waals surface area contributed by atoms with Crippen molar-refractivity contribution in [3.63, 3.8) is 0 Å². The van der Waals surface area contributed by atoms with Crippen molar-refractivity contribution in [3.05, 3.63) is 33.4 Å². The van der Waals surface area contributed by atoms with Gasteiger partial charge in [0.05, 0.1) is 11.1 Å². The largest absolute Gasteiger partial charge is 0.293 e. The van der Waals surface area contributed by atoms with Crippen molar-refractivity contribution in [2.24, 2.45) is 17.8 Å². The normalized spacial score (nSPS) is 30.7. The topological polar surface area (TPSA) is 81.7 Å². The molecule has 0 spiro atoms. The molecule has 4 nitrogen and oxygen atoms in total. The summed E-state index contributed by atoms with van der Waals surface area (Å²) in [7, 11) is 0.